The molecule has 4 nitrogen and oxygen atoms in total. The van der Waals surface area contributed by atoms with E-state index in [2.05, 4.69) is 0 Å². The quantitative estimate of drug-likeness (QED) is 0.799. The van der Waals surface area contributed by atoms with Crippen molar-refractivity contribution in [2.75, 3.05) is 6.61 Å². The zero-order valence-electron chi connectivity index (χ0n) is 11.5. The van der Waals surface area contributed by atoms with Gasteiger partial charge in [-0.3, -0.25) is 4.79 Å². The molecule has 0 spiro atoms. The van der Waals surface area contributed by atoms with Crippen molar-refractivity contribution in [1.82, 2.24) is 4.31 Å². The third kappa shape index (κ3) is 3.22. The Morgan fingerprint density at radius 3 is 2.65 bits per heavy atom. The summed E-state index contributed by atoms with van der Waals surface area (Å²) in [4.78, 5) is 24.0. The minimum atomic E-state index is -0.399. The molecule has 1 aromatic carbocycles. The zero-order chi connectivity index (χ0) is 14.5. The Kier molecular flexibility index (Phi) is 4.84. The number of Topliss-reactive ketones (excluding diaryl/α,β-unsaturated/α-hetero) is 1. The molecule has 0 bridgehead atoms. The Morgan fingerprint density at radius 2 is 2.00 bits per heavy atom. The molecule has 0 radical (unpaired) electrons. The van der Waals surface area contributed by atoms with Gasteiger partial charge in [-0.2, -0.15) is 0 Å². The molecule has 1 aromatic rings. The van der Waals surface area contributed by atoms with E-state index in [9.17, 15) is 9.59 Å². The predicted molar refractivity (Wildman–Crippen MR) is 79.2 cm³/mol. The molecular formula is C15H17NO3S. The maximum Gasteiger partial charge on any atom is 0.420 e. The summed E-state index contributed by atoms with van der Waals surface area (Å²) in [6, 6.07) is 9.34. The third-order valence-electron chi connectivity index (χ3n) is 3.07. The zero-order valence-corrected chi connectivity index (χ0v) is 12.4. The first-order valence-electron chi connectivity index (χ1n) is 6.53. The molecule has 20 heavy (non-hydrogen) atoms. The van der Waals surface area contributed by atoms with Gasteiger partial charge in [0.15, 0.2) is 5.78 Å². The van der Waals surface area contributed by atoms with Gasteiger partial charge >= 0.3 is 6.09 Å². The lowest BCUT2D eigenvalue weighted by Gasteiger charge is -2.20. The summed E-state index contributed by atoms with van der Waals surface area (Å²) in [6.45, 7) is 3.93. The number of nitrogens with zero attached hydrogens (tertiary/aromatic N) is 1. The smallest absolute Gasteiger partial charge is 0.420 e. The lowest BCUT2D eigenvalue weighted by molar-refractivity contribution is -0.115. The van der Waals surface area contributed by atoms with E-state index in [-0.39, 0.29) is 11.8 Å². The largest absolute Gasteiger partial charge is 0.449 e. The monoisotopic (exact) mass is 291 g/mol. The number of hydrogen-bond acceptors (Lipinski definition) is 4. The summed E-state index contributed by atoms with van der Waals surface area (Å²) in [5.74, 6) is 0.0444. The maximum atomic E-state index is 12.3. The van der Waals surface area contributed by atoms with Gasteiger partial charge in [0.25, 0.3) is 0 Å². The van der Waals surface area contributed by atoms with Crippen LogP contribution in [0.15, 0.2) is 41.3 Å². The minimum Gasteiger partial charge on any atom is -0.449 e. The van der Waals surface area contributed by atoms with Gasteiger partial charge in [0.05, 0.1) is 12.6 Å². The van der Waals surface area contributed by atoms with Crippen molar-refractivity contribution in [3.8, 4) is 0 Å². The van der Waals surface area contributed by atoms with Gasteiger partial charge in [-0.1, -0.05) is 30.3 Å². The summed E-state index contributed by atoms with van der Waals surface area (Å²) >= 11 is 1.22. The summed E-state index contributed by atoms with van der Waals surface area (Å²) in [7, 11) is 0. The Hall–Kier alpha value is -1.75. The van der Waals surface area contributed by atoms with Crippen LogP contribution < -0.4 is 0 Å². The average Bonchev–Trinajstić information content (AvgIpc) is 2.82. The van der Waals surface area contributed by atoms with Crippen molar-refractivity contribution in [1.29, 1.82) is 0 Å². The molecule has 2 rings (SSSR count). The first-order valence-corrected chi connectivity index (χ1v) is 7.37. The molecule has 0 saturated heterocycles. The Balaban J connectivity index is 2.00. The third-order valence-corrected chi connectivity index (χ3v) is 4.12. The van der Waals surface area contributed by atoms with E-state index in [0.717, 1.165) is 5.56 Å². The maximum absolute atomic E-state index is 12.3. The van der Waals surface area contributed by atoms with Gasteiger partial charge in [0, 0.05) is 17.4 Å². The fourth-order valence-electron chi connectivity index (χ4n) is 2.00. The summed E-state index contributed by atoms with van der Waals surface area (Å²) in [5.41, 5.74) is 1.64. The second-order valence-corrected chi connectivity index (χ2v) is 5.30. The van der Waals surface area contributed by atoms with Crippen LogP contribution >= 0.6 is 11.9 Å². The number of ether oxygens (including phenoxy) is 1. The molecule has 106 valence electrons. The second kappa shape index (κ2) is 6.61. The van der Waals surface area contributed by atoms with E-state index in [1.165, 1.54) is 16.3 Å². The molecule has 0 N–H and O–H groups in total. The van der Waals surface area contributed by atoms with Crippen LogP contribution in [0, 0.1) is 0 Å². The predicted octanol–water partition coefficient (Wildman–Crippen LogP) is 3.19. The molecule has 1 aliphatic rings. The van der Waals surface area contributed by atoms with Crippen LogP contribution in [-0.4, -0.2) is 28.8 Å². The SMILES string of the molecule is CCOC(=O)N1SC=C(C(=O)Cc2ccccc2)C1C. The van der Waals surface area contributed by atoms with E-state index >= 15 is 0 Å². The Labute approximate surface area is 122 Å². The van der Waals surface area contributed by atoms with Crippen molar-refractivity contribution in [3.05, 3.63) is 46.9 Å². The number of amides is 1. The highest BCUT2D eigenvalue weighted by atomic mass is 32.2. The minimum absolute atomic E-state index is 0.0444. The van der Waals surface area contributed by atoms with Crippen LogP contribution in [0.5, 0.6) is 0 Å². The molecule has 0 aromatic heterocycles. The molecular weight excluding hydrogens is 274 g/mol. The highest BCUT2D eigenvalue weighted by Gasteiger charge is 2.33. The fourth-order valence-corrected chi connectivity index (χ4v) is 2.99. The molecule has 1 amide bonds. The normalized spacial score (nSPS) is 17.8. The summed E-state index contributed by atoms with van der Waals surface area (Å²) < 4.78 is 6.45. The van der Waals surface area contributed by atoms with Gasteiger partial charge in [0.2, 0.25) is 0 Å². The summed E-state index contributed by atoms with van der Waals surface area (Å²) in [6.07, 6.45) is -0.0439. The van der Waals surface area contributed by atoms with Gasteiger partial charge in [0.1, 0.15) is 0 Å². The van der Waals surface area contributed by atoms with E-state index < -0.39 is 6.09 Å². The van der Waals surface area contributed by atoms with Gasteiger partial charge < -0.3 is 4.74 Å². The van der Waals surface area contributed by atoms with E-state index in [0.29, 0.717) is 18.6 Å². The van der Waals surface area contributed by atoms with Crippen molar-refractivity contribution in [3.63, 3.8) is 0 Å². The molecule has 1 aliphatic heterocycles. The molecule has 0 fully saturated rings. The lowest BCUT2D eigenvalue weighted by Crippen LogP contribution is -2.33. The van der Waals surface area contributed by atoms with E-state index in [4.69, 9.17) is 4.74 Å². The topological polar surface area (TPSA) is 46.6 Å². The van der Waals surface area contributed by atoms with Crippen molar-refractivity contribution in [2.45, 2.75) is 26.3 Å². The molecule has 1 heterocycles. The first kappa shape index (κ1) is 14.7. The Morgan fingerprint density at radius 1 is 1.30 bits per heavy atom. The number of benzene rings is 1. The highest BCUT2D eigenvalue weighted by molar-refractivity contribution is 8.00. The van der Waals surface area contributed by atoms with E-state index in [1.54, 1.807) is 12.3 Å². The number of hydrogen-bond donors (Lipinski definition) is 0. The van der Waals surface area contributed by atoms with Gasteiger partial charge in [-0.25, -0.2) is 9.10 Å². The van der Waals surface area contributed by atoms with Crippen LogP contribution in [0.1, 0.15) is 19.4 Å². The van der Waals surface area contributed by atoms with Crippen LogP contribution in [0.3, 0.4) is 0 Å². The second-order valence-electron chi connectivity index (χ2n) is 4.46. The lowest BCUT2D eigenvalue weighted by atomic mass is 10.00. The fraction of sp³-hybridized carbons (Fsp3) is 0.333. The highest BCUT2D eigenvalue weighted by Crippen LogP contribution is 2.32. The van der Waals surface area contributed by atoms with Gasteiger partial charge in [-0.05, 0) is 31.4 Å². The molecule has 1 atom stereocenters. The average molecular weight is 291 g/mol. The molecule has 0 saturated carbocycles. The van der Waals surface area contributed by atoms with Crippen LogP contribution in [0.25, 0.3) is 0 Å². The molecule has 1 unspecified atom stereocenters. The number of carbonyl (C=O) groups is 2. The van der Waals surface area contributed by atoms with Crippen molar-refractivity contribution < 1.29 is 14.3 Å². The standard InChI is InChI=1S/C15H17NO3S/c1-3-19-15(18)16-11(2)13(10-20-16)14(17)9-12-7-5-4-6-8-12/h4-8,10-11H,3,9H2,1-2H3. The molecule has 5 heteroatoms. The first-order chi connectivity index (χ1) is 9.63. The Bertz CT molecular complexity index is 527. The summed E-state index contributed by atoms with van der Waals surface area (Å²) in [5, 5.41) is 1.74. The van der Waals surface area contributed by atoms with Crippen LogP contribution in [0.4, 0.5) is 4.79 Å². The van der Waals surface area contributed by atoms with Crippen LogP contribution in [0.2, 0.25) is 0 Å². The molecule has 0 aliphatic carbocycles. The number of carbonyl (C=O) groups excluding carboxylic acids is 2. The van der Waals surface area contributed by atoms with Crippen molar-refractivity contribution >= 4 is 23.8 Å². The van der Waals surface area contributed by atoms with E-state index in [1.807, 2.05) is 37.3 Å². The number of rotatable bonds is 4. The van der Waals surface area contributed by atoms with Crippen molar-refractivity contribution in [2.24, 2.45) is 0 Å². The van der Waals surface area contributed by atoms with Gasteiger partial charge in [-0.15, -0.1) is 0 Å². The van der Waals surface area contributed by atoms with Crippen LogP contribution in [-0.2, 0) is 16.0 Å². The number of ketones is 1.